The number of fused-ring (bicyclic) bond motifs is 1. The minimum atomic E-state index is -0.414. The van der Waals surface area contributed by atoms with Gasteiger partial charge >= 0.3 is 5.97 Å². The second kappa shape index (κ2) is 6.92. The van der Waals surface area contributed by atoms with Gasteiger partial charge in [0.05, 0.1) is 12.1 Å². The molecule has 1 heterocycles. The fraction of sp³-hybridized carbons (Fsp3) is 0.0952. The monoisotopic (exact) mass is 358 g/mol. The Kier molecular flexibility index (Phi) is 4.30. The predicted octanol–water partition coefficient (Wildman–Crippen LogP) is 2.69. The zero-order valence-electron chi connectivity index (χ0n) is 14.5. The van der Waals surface area contributed by atoms with Crippen LogP contribution in [0.1, 0.15) is 21.5 Å². The Labute approximate surface area is 156 Å². The number of benzene rings is 3. The Morgan fingerprint density at radius 1 is 1.00 bits per heavy atom. The van der Waals surface area contributed by atoms with Crippen LogP contribution in [0, 0.1) is 5.41 Å². The third-order valence-corrected chi connectivity index (χ3v) is 4.40. The second-order valence-corrected chi connectivity index (χ2v) is 6.26. The summed E-state index contributed by atoms with van der Waals surface area (Å²) < 4.78 is 5.50. The van der Waals surface area contributed by atoms with Gasteiger partial charge in [0, 0.05) is 17.7 Å². The predicted molar refractivity (Wildman–Crippen MR) is 106 cm³/mol. The summed E-state index contributed by atoms with van der Waals surface area (Å²) in [6.07, 6.45) is 0. The fourth-order valence-corrected chi connectivity index (χ4v) is 2.98. The quantitative estimate of drug-likeness (QED) is 0.289. The molecule has 0 bridgehead atoms. The highest BCUT2D eigenvalue weighted by Crippen LogP contribution is 2.23. The van der Waals surface area contributed by atoms with Crippen LogP contribution in [0.4, 0.5) is 0 Å². The first-order valence-corrected chi connectivity index (χ1v) is 8.59. The zero-order chi connectivity index (χ0) is 18.8. The first-order valence-electron chi connectivity index (χ1n) is 8.59. The van der Waals surface area contributed by atoms with Gasteiger partial charge in [-0.3, -0.25) is 10.4 Å². The van der Waals surface area contributed by atoms with Crippen LogP contribution in [0.25, 0.3) is 10.8 Å². The summed E-state index contributed by atoms with van der Waals surface area (Å²) >= 11 is 0. The van der Waals surface area contributed by atoms with Gasteiger partial charge in [0.1, 0.15) is 17.4 Å². The van der Waals surface area contributed by atoms with E-state index in [1.54, 1.807) is 30.3 Å². The van der Waals surface area contributed by atoms with Gasteiger partial charge < -0.3 is 15.8 Å². The Morgan fingerprint density at radius 3 is 2.41 bits per heavy atom. The van der Waals surface area contributed by atoms with E-state index in [1.165, 1.54) is 0 Å². The minimum Gasteiger partial charge on any atom is -0.423 e. The van der Waals surface area contributed by atoms with E-state index in [9.17, 15) is 4.79 Å². The van der Waals surface area contributed by atoms with Crippen LogP contribution in [0.3, 0.4) is 0 Å². The molecular formula is C21H18N4O2. The van der Waals surface area contributed by atoms with Crippen molar-refractivity contribution in [1.29, 1.82) is 5.41 Å². The summed E-state index contributed by atoms with van der Waals surface area (Å²) in [5.41, 5.74) is 7.61. The van der Waals surface area contributed by atoms with Gasteiger partial charge in [-0.2, -0.15) is 0 Å². The molecule has 134 valence electrons. The normalized spacial score (nSPS) is 13.1. The molecule has 0 saturated carbocycles. The van der Waals surface area contributed by atoms with Crippen molar-refractivity contribution in [3.05, 3.63) is 77.4 Å². The Bertz CT molecular complexity index is 1070. The molecule has 0 unspecified atom stereocenters. The van der Waals surface area contributed by atoms with E-state index in [4.69, 9.17) is 15.9 Å². The van der Waals surface area contributed by atoms with Crippen LogP contribution >= 0.6 is 0 Å². The SMILES string of the molecule is N=C(N)c1ccc2cc(OC(=O)c3ccc(C4=NCCN4)cc3)ccc2c1. The van der Waals surface area contributed by atoms with Gasteiger partial charge in [-0.05, 0) is 41.1 Å². The smallest absolute Gasteiger partial charge is 0.343 e. The van der Waals surface area contributed by atoms with Gasteiger partial charge in [0.2, 0.25) is 0 Å². The van der Waals surface area contributed by atoms with Crippen LogP contribution in [0.15, 0.2) is 65.7 Å². The summed E-state index contributed by atoms with van der Waals surface area (Å²) in [4.78, 5) is 16.8. The largest absolute Gasteiger partial charge is 0.423 e. The molecule has 0 saturated heterocycles. The van der Waals surface area contributed by atoms with E-state index in [0.29, 0.717) is 16.9 Å². The number of nitrogen functional groups attached to an aromatic ring is 1. The van der Waals surface area contributed by atoms with Gasteiger partial charge in [-0.15, -0.1) is 0 Å². The summed E-state index contributed by atoms with van der Waals surface area (Å²) in [5.74, 6) is 0.931. The standard InChI is InChI=1S/C21H18N4O2/c22-19(23)17-6-5-16-12-18(8-7-15(16)11-17)27-21(26)14-3-1-13(2-4-14)20-24-9-10-25-20/h1-8,11-12H,9-10H2,(H3,22,23)(H,24,25). The lowest BCUT2D eigenvalue weighted by atomic mass is 10.1. The maximum atomic E-state index is 12.4. The molecule has 0 aliphatic carbocycles. The number of amidine groups is 2. The Morgan fingerprint density at radius 2 is 1.70 bits per heavy atom. The average molecular weight is 358 g/mol. The number of esters is 1. The Hall–Kier alpha value is -3.67. The third-order valence-electron chi connectivity index (χ3n) is 4.40. The molecule has 0 radical (unpaired) electrons. The highest BCUT2D eigenvalue weighted by molar-refractivity contribution is 6.01. The number of nitrogens with one attached hydrogen (secondary N) is 2. The van der Waals surface area contributed by atoms with Crippen LogP contribution in [-0.4, -0.2) is 30.7 Å². The van der Waals surface area contributed by atoms with Crippen molar-refractivity contribution in [2.24, 2.45) is 10.7 Å². The molecule has 0 aromatic heterocycles. The minimum absolute atomic E-state index is 0.0228. The fourth-order valence-electron chi connectivity index (χ4n) is 2.98. The molecule has 6 nitrogen and oxygen atoms in total. The molecule has 0 spiro atoms. The van der Waals surface area contributed by atoms with Gasteiger partial charge in [-0.1, -0.05) is 30.3 Å². The number of rotatable bonds is 4. The molecule has 4 rings (SSSR count). The highest BCUT2D eigenvalue weighted by Gasteiger charge is 2.12. The number of nitrogens with zero attached hydrogens (tertiary/aromatic N) is 1. The number of carbonyl (C=O) groups excluding carboxylic acids is 1. The first-order chi connectivity index (χ1) is 13.1. The van der Waals surface area contributed by atoms with Crippen molar-refractivity contribution >= 4 is 28.4 Å². The average Bonchev–Trinajstić information content (AvgIpc) is 3.22. The summed E-state index contributed by atoms with van der Waals surface area (Å²) in [6.45, 7) is 1.62. The molecule has 3 aromatic rings. The van der Waals surface area contributed by atoms with E-state index in [-0.39, 0.29) is 5.84 Å². The number of hydrogen-bond donors (Lipinski definition) is 3. The van der Waals surface area contributed by atoms with Crippen molar-refractivity contribution in [3.63, 3.8) is 0 Å². The number of aliphatic imine (C=N–C) groups is 1. The zero-order valence-corrected chi connectivity index (χ0v) is 14.5. The van der Waals surface area contributed by atoms with Crippen LogP contribution < -0.4 is 15.8 Å². The lowest BCUT2D eigenvalue weighted by Gasteiger charge is -2.08. The van der Waals surface area contributed by atoms with E-state index in [2.05, 4.69) is 10.3 Å². The maximum absolute atomic E-state index is 12.4. The molecule has 6 heteroatoms. The molecule has 1 aliphatic heterocycles. The number of nitrogens with two attached hydrogens (primary N) is 1. The topological polar surface area (TPSA) is 101 Å². The first kappa shape index (κ1) is 16.8. The lowest BCUT2D eigenvalue weighted by molar-refractivity contribution is 0.0735. The Balaban J connectivity index is 1.51. The maximum Gasteiger partial charge on any atom is 0.343 e. The lowest BCUT2D eigenvalue weighted by Crippen LogP contribution is -2.19. The molecule has 3 aromatic carbocycles. The van der Waals surface area contributed by atoms with E-state index >= 15 is 0 Å². The van der Waals surface area contributed by atoms with Crippen LogP contribution in [0.5, 0.6) is 5.75 Å². The molecule has 0 fully saturated rings. The third kappa shape index (κ3) is 3.50. The van der Waals surface area contributed by atoms with E-state index in [0.717, 1.165) is 35.3 Å². The van der Waals surface area contributed by atoms with Gasteiger partial charge in [0.15, 0.2) is 0 Å². The van der Waals surface area contributed by atoms with Crippen molar-refractivity contribution in [2.45, 2.75) is 0 Å². The number of ether oxygens (including phenoxy) is 1. The number of hydrogen-bond acceptors (Lipinski definition) is 5. The van der Waals surface area contributed by atoms with Crippen molar-refractivity contribution in [1.82, 2.24) is 5.32 Å². The molecule has 4 N–H and O–H groups in total. The van der Waals surface area contributed by atoms with E-state index < -0.39 is 5.97 Å². The molecule has 0 amide bonds. The van der Waals surface area contributed by atoms with Crippen LogP contribution in [0.2, 0.25) is 0 Å². The molecule has 1 aliphatic rings. The van der Waals surface area contributed by atoms with Gasteiger partial charge in [-0.25, -0.2) is 4.79 Å². The van der Waals surface area contributed by atoms with Crippen LogP contribution in [-0.2, 0) is 0 Å². The van der Waals surface area contributed by atoms with Gasteiger partial charge in [0.25, 0.3) is 0 Å². The van der Waals surface area contributed by atoms with E-state index in [1.807, 2.05) is 30.3 Å². The summed E-state index contributed by atoms with van der Waals surface area (Å²) in [7, 11) is 0. The highest BCUT2D eigenvalue weighted by atomic mass is 16.5. The van der Waals surface area contributed by atoms with Crippen molar-refractivity contribution < 1.29 is 9.53 Å². The summed E-state index contributed by atoms with van der Waals surface area (Å²) in [6, 6.07) is 18.0. The molecule has 0 atom stereocenters. The van der Waals surface area contributed by atoms with Crippen molar-refractivity contribution in [3.8, 4) is 5.75 Å². The summed E-state index contributed by atoms with van der Waals surface area (Å²) in [5, 5.41) is 12.5. The van der Waals surface area contributed by atoms with Crippen molar-refractivity contribution in [2.75, 3.05) is 13.1 Å². The molecule has 27 heavy (non-hydrogen) atoms. The molecular weight excluding hydrogens is 340 g/mol. The second-order valence-electron chi connectivity index (χ2n) is 6.26. The number of carbonyl (C=O) groups is 1.